The van der Waals surface area contributed by atoms with E-state index in [1.807, 2.05) is 0 Å². The number of benzene rings is 1. The molecule has 2 fully saturated rings. The number of hydrogen-bond donors (Lipinski definition) is 1. The molecule has 3 amide bonds. The number of nitrogens with zero attached hydrogens (tertiary/aromatic N) is 4. The Morgan fingerprint density at radius 3 is 2.65 bits per heavy atom. The number of hydrogen-bond acceptors (Lipinski definition) is 4. The summed E-state index contributed by atoms with van der Waals surface area (Å²) in [6.07, 6.45) is 5.99. The zero-order valence-electron chi connectivity index (χ0n) is 14.3. The van der Waals surface area contributed by atoms with Gasteiger partial charge in [-0.25, -0.2) is 13.9 Å². The van der Waals surface area contributed by atoms with E-state index in [9.17, 15) is 14.0 Å². The number of carbonyl (C=O) groups excluding carboxylic acids is 2. The van der Waals surface area contributed by atoms with Crippen LogP contribution in [0.5, 0.6) is 0 Å². The number of nitrogens with one attached hydrogen (secondary N) is 1. The summed E-state index contributed by atoms with van der Waals surface area (Å²) >= 11 is 0. The molecule has 26 heavy (non-hydrogen) atoms. The topological polar surface area (TPSA) is 80.1 Å². The summed E-state index contributed by atoms with van der Waals surface area (Å²) in [7, 11) is 0. The number of rotatable bonds is 4. The van der Waals surface area contributed by atoms with Crippen LogP contribution in [-0.2, 0) is 17.9 Å². The van der Waals surface area contributed by atoms with Gasteiger partial charge in [-0.3, -0.25) is 9.69 Å². The molecular weight excluding hydrogens is 337 g/mol. The Morgan fingerprint density at radius 2 is 1.88 bits per heavy atom. The second kappa shape index (κ2) is 6.51. The highest BCUT2D eigenvalue weighted by Gasteiger charge is 2.51. The molecule has 1 spiro atoms. The Bertz CT molecular complexity index is 844. The summed E-state index contributed by atoms with van der Waals surface area (Å²) in [4.78, 5) is 26.3. The normalized spacial score (nSPS) is 19.2. The third-order valence-corrected chi connectivity index (χ3v) is 5.15. The van der Waals surface area contributed by atoms with Gasteiger partial charge < -0.3 is 5.32 Å². The number of urea groups is 1. The van der Waals surface area contributed by atoms with Crippen LogP contribution in [0, 0.1) is 5.82 Å². The van der Waals surface area contributed by atoms with Crippen molar-refractivity contribution in [3.8, 4) is 0 Å². The van der Waals surface area contributed by atoms with E-state index in [1.54, 1.807) is 24.4 Å². The number of imide groups is 1. The summed E-state index contributed by atoms with van der Waals surface area (Å²) in [5.41, 5.74) is 0.260. The molecule has 7 nitrogen and oxygen atoms in total. The van der Waals surface area contributed by atoms with Gasteiger partial charge in [0.15, 0.2) is 0 Å². The Morgan fingerprint density at radius 1 is 1.12 bits per heavy atom. The molecule has 1 saturated heterocycles. The number of carbonyl (C=O) groups is 2. The van der Waals surface area contributed by atoms with Crippen LogP contribution in [0.3, 0.4) is 0 Å². The average molecular weight is 357 g/mol. The molecular formula is C18H20FN5O2. The van der Waals surface area contributed by atoms with Crippen molar-refractivity contribution in [2.24, 2.45) is 0 Å². The molecule has 1 saturated carbocycles. The monoisotopic (exact) mass is 357 g/mol. The fourth-order valence-electron chi connectivity index (χ4n) is 3.77. The molecule has 2 heterocycles. The minimum atomic E-state index is -0.738. The predicted molar refractivity (Wildman–Crippen MR) is 90.4 cm³/mol. The van der Waals surface area contributed by atoms with Crippen LogP contribution in [-0.4, -0.2) is 37.4 Å². The smallest absolute Gasteiger partial charge is 0.323 e. The van der Waals surface area contributed by atoms with Gasteiger partial charge in [-0.05, 0) is 18.9 Å². The SMILES string of the molecule is O=C1NC2(CCCCC2)C(=O)N1Cc1cn(Cc2ccccc2F)nn1. The summed E-state index contributed by atoms with van der Waals surface area (Å²) in [5, 5.41) is 10.9. The predicted octanol–water partition coefficient (Wildman–Crippen LogP) is 2.22. The van der Waals surface area contributed by atoms with Gasteiger partial charge in [0.1, 0.15) is 17.1 Å². The molecule has 2 aliphatic rings. The second-order valence-electron chi connectivity index (χ2n) is 6.96. The van der Waals surface area contributed by atoms with Gasteiger partial charge in [0.2, 0.25) is 0 Å². The minimum absolute atomic E-state index is 0.0731. The lowest BCUT2D eigenvalue weighted by Crippen LogP contribution is -2.48. The molecule has 8 heteroatoms. The van der Waals surface area contributed by atoms with E-state index in [0.717, 1.165) is 19.3 Å². The quantitative estimate of drug-likeness (QED) is 0.851. The molecule has 136 valence electrons. The Balaban J connectivity index is 1.46. The van der Waals surface area contributed by atoms with Crippen LogP contribution in [0.1, 0.15) is 43.4 Å². The molecule has 0 atom stereocenters. The van der Waals surface area contributed by atoms with Crippen LogP contribution in [0.2, 0.25) is 0 Å². The van der Waals surface area contributed by atoms with Crippen molar-refractivity contribution < 1.29 is 14.0 Å². The molecule has 4 rings (SSSR count). The molecule has 0 unspecified atom stereocenters. The Hall–Kier alpha value is -2.77. The summed E-state index contributed by atoms with van der Waals surface area (Å²) in [6.45, 7) is 0.313. The van der Waals surface area contributed by atoms with Crippen LogP contribution < -0.4 is 5.32 Å². The van der Waals surface area contributed by atoms with Gasteiger partial charge >= 0.3 is 6.03 Å². The van der Waals surface area contributed by atoms with Gasteiger partial charge in [0, 0.05) is 5.56 Å². The molecule has 1 aliphatic heterocycles. The third kappa shape index (κ3) is 2.95. The molecule has 2 aromatic rings. The van der Waals surface area contributed by atoms with E-state index in [4.69, 9.17) is 0 Å². The first-order valence-electron chi connectivity index (χ1n) is 8.84. The summed E-state index contributed by atoms with van der Waals surface area (Å²) in [6, 6.07) is 6.09. The van der Waals surface area contributed by atoms with Crippen molar-refractivity contribution in [3.63, 3.8) is 0 Å². The van der Waals surface area contributed by atoms with Crippen LogP contribution in [0.25, 0.3) is 0 Å². The van der Waals surface area contributed by atoms with E-state index >= 15 is 0 Å². The standard InChI is InChI=1S/C18H20FN5O2/c19-15-7-3-2-6-13(15)10-23-11-14(21-22-23)12-24-16(25)18(20-17(24)26)8-4-1-5-9-18/h2-3,6-7,11H,1,4-5,8-10,12H2,(H,20,26). The lowest BCUT2D eigenvalue weighted by Gasteiger charge is -2.30. The van der Waals surface area contributed by atoms with Gasteiger partial charge in [-0.1, -0.05) is 42.7 Å². The van der Waals surface area contributed by atoms with Gasteiger partial charge in [0.05, 0.1) is 19.3 Å². The van der Waals surface area contributed by atoms with E-state index < -0.39 is 5.54 Å². The maximum Gasteiger partial charge on any atom is 0.325 e. The largest absolute Gasteiger partial charge is 0.325 e. The molecule has 1 aromatic heterocycles. The fourth-order valence-corrected chi connectivity index (χ4v) is 3.77. The van der Waals surface area contributed by atoms with Gasteiger partial charge in [0.25, 0.3) is 5.91 Å². The lowest BCUT2D eigenvalue weighted by molar-refractivity contribution is -0.132. The highest BCUT2D eigenvalue weighted by Crippen LogP contribution is 2.34. The minimum Gasteiger partial charge on any atom is -0.323 e. The zero-order chi connectivity index (χ0) is 18.1. The fraction of sp³-hybridized carbons (Fsp3) is 0.444. The lowest BCUT2D eigenvalue weighted by atomic mass is 9.82. The second-order valence-corrected chi connectivity index (χ2v) is 6.96. The molecule has 1 N–H and O–H groups in total. The first kappa shape index (κ1) is 16.7. The highest BCUT2D eigenvalue weighted by atomic mass is 19.1. The zero-order valence-corrected chi connectivity index (χ0v) is 14.3. The van der Waals surface area contributed by atoms with E-state index in [2.05, 4.69) is 15.6 Å². The molecule has 0 radical (unpaired) electrons. The van der Waals surface area contributed by atoms with E-state index in [1.165, 1.54) is 15.6 Å². The van der Waals surface area contributed by atoms with Crippen molar-refractivity contribution >= 4 is 11.9 Å². The molecule has 1 aromatic carbocycles. The highest BCUT2D eigenvalue weighted by molar-refractivity contribution is 6.07. The van der Waals surface area contributed by atoms with Crippen molar-refractivity contribution in [3.05, 3.63) is 47.5 Å². The first-order chi connectivity index (χ1) is 12.6. The van der Waals surface area contributed by atoms with Crippen molar-refractivity contribution in [2.45, 2.75) is 50.7 Å². The molecule has 0 bridgehead atoms. The van der Waals surface area contributed by atoms with E-state index in [-0.39, 0.29) is 30.8 Å². The number of amides is 3. The van der Waals surface area contributed by atoms with E-state index in [0.29, 0.717) is 24.1 Å². The first-order valence-corrected chi connectivity index (χ1v) is 8.84. The van der Waals surface area contributed by atoms with Gasteiger partial charge in [-0.15, -0.1) is 5.10 Å². The maximum absolute atomic E-state index is 13.7. The number of aromatic nitrogens is 3. The van der Waals surface area contributed by atoms with Gasteiger partial charge in [-0.2, -0.15) is 0 Å². The maximum atomic E-state index is 13.7. The van der Waals surface area contributed by atoms with Crippen LogP contribution >= 0.6 is 0 Å². The van der Waals surface area contributed by atoms with Crippen LogP contribution in [0.4, 0.5) is 9.18 Å². The molecule has 1 aliphatic carbocycles. The Kier molecular flexibility index (Phi) is 4.18. The van der Waals surface area contributed by atoms with Crippen molar-refractivity contribution in [1.82, 2.24) is 25.2 Å². The Labute approximate surface area is 150 Å². The van der Waals surface area contributed by atoms with Crippen LogP contribution in [0.15, 0.2) is 30.5 Å². The third-order valence-electron chi connectivity index (χ3n) is 5.15. The average Bonchev–Trinajstić information content (AvgIpc) is 3.16. The van der Waals surface area contributed by atoms with Crippen molar-refractivity contribution in [2.75, 3.05) is 0 Å². The number of halogens is 1. The summed E-state index contributed by atoms with van der Waals surface area (Å²) < 4.78 is 15.2. The van der Waals surface area contributed by atoms with Crippen molar-refractivity contribution in [1.29, 1.82) is 0 Å². The summed E-state index contributed by atoms with van der Waals surface area (Å²) in [5.74, 6) is -0.483.